The third-order valence-electron chi connectivity index (χ3n) is 2.15. The minimum atomic E-state index is -0.270. The van der Waals surface area contributed by atoms with Crippen LogP contribution in [0.4, 0.5) is 4.39 Å². The lowest BCUT2D eigenvalue weighted by molar-refractivity contribution is 0.313. The normalized spacial score (nSPS) is 10.4. The maximum atomic E-state index is 12.9. The molecule has 1 aromatic rings. The number of benzene rings is 1. The number of halogens is 2. The second kappa shape index (κ2) is 7.63. The highest BCUT2D eigenvalue weighted by molar-refractivity contribution is 9.10. The predicted octanol–water partition coefficient (Wildman–Crippen LogP) is 3.36. The SMILES string of the molecule is CCCCNCCOc1ccc(F)c(Br)c1. The van der Waals surface area contributed by atoms with Gasteiger partial charge in [-0.3, -0.25) is 0 Å². The summed E-state index contributed by atoms with van der Waals surface area (Å²) in [5, 5.41) is 3.27. The van der Waals surface area contributed by atoms with Crippen LogP contribution in [0.15, 0.2) is 22.7 Å². The first-order valence-corrected chi connectivity index (χ1v) is 6.32. The molecule has 0 spiro atoms. The highest BCUT2D eigenvalue weighted by Crippen LogP contribution is 2.21. The average Bonchev–Trinajstić information content (AvgIpc) is 2.28. The first kappa shape index (κ1) is 13.5. The number of unbranched alkanes of at least 4 members (excludes halogenated alkanes) is 1. The number of ether oxygens (including phenoxy) is 1. The van der Waals surface area contributed by atoms with Gasteiger partial charge >= 0.3 is 0 Å². The van der Waals surface area contributed by atoms with Gasteiger partial charge in [-0.1, -0.05) is 13.3 Å². The lowest BCUT2D eigenvalue weighted by atomic mass is 10.3. The van der Waals surface area contributed by atoms with E-state index >= 15 is 0 Å². The van der Waals surface area contributed by atoms with Crippen molar-refractivity contribution in [1.82, 2.24) is 5.32 Å². The van der Waals surface area contributed by atoms with Crippen molar-refractivity contribution < 1.29 is 9.13 Å². The Bertz CT molecular complexity index is 320. The van der Waals surface area contributed by atoms with E-state index in [0.29, 0.717) is 16.8 Å². The molecule has 16 heavy (non-hydrogen) atoms. The van der Waals surface area contributed by atoms with Gasteiger partial charge in [0.25, 0.3) is 0 Å². The van der Waals surface area contributed by atoms with Gasteiger partial charge in [0.05, 0.1) is 4.47 Å². The average molecular weight is 290 g/mol. The van der Waals surface area contributed by atoms with E-state index in [1.165, 1.54) is 18.9 Å². The second-order valence-electron chi connectivity index (χ2n) is 3.53. The molecule has 0 aliphatic heterocycles. The van der Waals surface area contributed by atoms with E-state index < -0.39 is 0 Å². The van der Waals surface area contributed by atoms with Gasteiger partial charge in [-0.25, -0.2) is 4.39 Å². The van der Waals surface area contributed by atoms with E-state index in [9.17, 15) is 4.39 Å². The Morgan fingerprint density at radius 2 is 2.19 bits per heavy atom. The summed E-state index contributed by atoms with van der Waals surface area (Å²) in [5.41, 5.74) is 0. The summed E-state index contributed by atoms with van der Waals surface area (Å²) < 4.78 is 18.8. The van der Waals surface area contributed by atoms with Gasteiger partial charge in [0.15, 0.2) is 0 Å². The fourth-order valence-corrected chi connectivity index (χ4v) is 1.59. The number of hydrogen-bond acceptors (Lipinski definition) is 2. The minimum Gasteiger partial charge on any atom is -0.492 e. The van der Waals surface area contributed by atoms with Crippen LogP contribution in [-0.4, -0.2) is 19.7 Å². The van der Waals surface area contributed by atoms with Crippen LogP contribution in [0.3, 0.4) is 0 Å². The molecule has 1 aromatic carbocycles. The lowest BCUT2D eigenvalue weighted by Gasteiger charge is -2.07. The summed E-state index contributed by atoms with van der Waals surface area (Å²) in [7, 11) is 0. The van der Waals surface area contributed by atoms with Crippen molar-refractivity contribution in [3.8, 4) is 5.75 Å². The fourth-order valence-electron chi connectivity index (χ4n) is 1.23. The first-order valence-electron chi connectivity index (χ1n) is 5.52. The summed E-state index contributed by atoms with van der Waals surface area (Å²) in [6.07, 6.45) is 2.38. The van der Waals surface area contributed by atoms with Gasteiger partial charge in [0.2, 0.25) is 0 Å². The molecule has 0 atom stereocenters. The molecule has 0 unspecified atom stereocenters. The van der Waals surface area contributed by atoms with E-state index in [2.05, 4.69) is 28.2 Å². The van der Waals surface area contributed by atoms with Gasteiger partial charge in [0, 0.05) is 6.54 Å². The summed E-state index contributed by atoms with van der Waals surface area (Å²) in [6, 6.07) is 4.66. The number of rotatable bonds is 7. The third-order valence-corrected chi connectivity index (χ3v) is 2.75. The van der Waals surface area contributed by atoms with E-state index in [1.807, 2.05) is 0 Å². The summed E-state index contributed by atoms with van der Waals surface area (Å²) >= 11 is 3.12. The number of nitrogens with one attached hydrogen (secondary N) is 1. The molecular formula is C12H17BrFNO. The van der Waals surface area contributed by atoms with Gasteiger partial charge in [-0.05, 0) is 47.1 Å². The monoisotopic (exact) mass is 289 g/mol. The predicted molar refractivity (Wildman–Crippen MR) is 67.4 cm³/mol. The highest BCUT2D eigenvalue weighted by atomic mass is 79.9. The zero-order valence-electron chi connectivity index (χ0n) is 9.43. The third kappa shape index (κ3) is 4.94. The van der Waals surface area contributed by atoms with Crippen LogP contribution in [0, 0.1) is 5.82 Å². The van der Waals surface area contributed by atoms with E-state index in [4.69, 9.17) is 4.74 Å². The molecule has 1 N–H and O–H groups in total. The molecule has 0 aliphatic carbocycles. The quantitative estimate of drug-likeness (QED) is 0.777. The molecule has 0 aliphatic rings. The van der Waals surface area contributed by atoms with Crippen LogP contribution in [0.5, 0.6) is 5.75 Å². The Labute approximate surface area is 104 Å². The zero-order valence-corrected chi connectivity index (χ0v) is 11.0. The van der Waals surface area contributed by atoms with Crippen molar-refractivity contribution in [1.29, 1.82) is 0 Å². The molecular weight excluding hydrogens is 273 g/mol. The molecule has 0 aromatic heterocycles. The molecule has 0 saturated carbocycles. The smallest absolute Gasteiger partial charge is 0.137 e. The van der Waals surface area contributed by atoms with Crippen molar-refractivity contribution in [2.45, 2.75) is 19.8 Å². The second-order valence-corrected chi connectivity index (χ2v) is 4.38. The fraction of sp³-hybridized carbons (Fsp3) is 0.500. The maximum absolute atomic E-state index is 12.9. The number of hydrogen-bond donors (Lipinski definition) is 1. The van der Waals surface area contributed by atoms with Crippen molar-refractivity contribution in [3.05, 3.63) is 28.5 Å². The van der Waals surface area contributed by atoms with Gasteiger partial charge < -0.3 is 10.1 Å². The van der Waals surface area contributed by atoms with E-state index in [-0.39, 0.29) is 5.82 Å². The minimum absolute atomic E-state index is 0.270. The van der Waals surface area contributed by atoms with Gasteiger partial charge in [-0.2, -0.15) is 0 Å². The van der Waals surface area contributed by atoms with Crippen LogP contribution in [-0.2, 0) is 0 Å². The van der Waals surface area contributed by atoms with E-state index in [1.54, 1.807) is 12.1 Å². The molecule has 2 nitrogen and oxygen atoms in total. The van der Waals surface area contributed by atoms with Crippen LogP contribution in [0.1, 0.15) is 19.8 Å². The molecule has 0 saturated heterocycles. The van der Waals surface area contributed by atoms with Crippen LogP contribution < -0.4 is 10.1 Å². The summed E-state index contributed by atoms with van der Waals surface area (Å²) in [4.78, 5) is 0. The van der Waals surface area contributed by atoms with Gasteiger partial charge in [-0.15, -0.1) is 0 Å². The summed E-state index contributed by atoms with van der Waals surface area (Å²) in [6.45, 7) is 4.60. The van der Waals surface area contributed by atoms with Crippen molar-refractivity contribution in [3.63, 3.8) is 0 Å². The molecule has 0 bridgehead atoms. The maximum Gasteiger partial charge on any atom is 0.137 e. The van der Waals surface area contributed by atoms with Crippen molar-refractivity contribution >= 4 is 15.9 Å². The molecule has 0 heterocycles. The lowest BCUT2D eigenvalue weighted by Crippen LogP contribution is -2.21. The molecule has 4 heteroatoms. The molecule has 0 fully saturated rings. The Hall–Kier alpha value is -0.610. The van der Waals surface area contributed by atoms with Gasteiger partial charge in [0.1, 0.15) is 18.2 Å². The molecule has 0 radical (unpaired) electrons. The Balaban J connectivity index is 2.19. The molecule has 90 valence electrons. The Kier molecular flexibility index (Phi) is 6.42. The Morgan fingerprint density at radius 1 is 1.38 bits per heavy atom. The topological polar surface area (TPSA) is 21.3 Å². The Morgan fingerprint density at radius 3 is 2.88 bits per heavy atom. The van der Waals surface area contributed by atoms with E-state index in [0.717, 1.165) is 13.1 Å². The molecule has 1 rings (SSSR count). The standard InChI is InChI=1S/C12H17BrFNO/c1-2-3-6-15-7-8-16-10-4-5-12(14)11(13)9-10/h4-5,9,15H,2-3,6-8H2,1H3. The summed E-state index contributed by atoms with van der Waals surface area (Å²) in [5.74, 6) is 0.416. The van der Waals surface area contributed by atoms with Crippen LogP contribution in [0.2, 0.25) is 0 Å². The molecule has 0 amide bonds. The van der Waals surface area contributed by atoms with Crippen LogP contribution >= 0.6 is 15.9 Å². The van der Waals surface area contributed by atoms with Crippen molar-refractivity contribution in [2.24, 2.45) is 0 Å². The van der Waals surface area contributed by atoms with Crippen LogP contribution in [0.25, 0.3) is 0 Å². The highest BCUT2D eigenvalue weighted by Gasteiger charge is 2.00. The zero-order chi connectivity index (χ0) is 11.8. The largest absolute Gasteiger partial charge is 0.492 e. The van der Waals surface area contributed by atoms with Crippen molar-refractivity contribution in [2.75, 3.05) is 19.7 Å². The first-order chi connectivity index (χ1) is 7.74.